The Morgan fingerprint density at radius 2 is 1.90 bits per heavy atom. The lowest BCUT2D eigenvalue weighted by atomic mass is 9.92. The van der Waals surface area contributed by atoms with Crippen LogP contribution in [0.5, 0.6) is 0 Å². The Hall–Kier alpha value is 0.0399. The van der Waals surface area contributed by atoms with E-state index in [0.29, 0.717) is 6.42 Å². The van der Waals surface area contributed by atoms with Gasteiger partial charge in [-0.05, 0) is 40.5 Å². The van der Waals surface area contributed by atoms with Crippen LogP contribution in [0.2, 0.25) is 0 Å². The fraction of sp³-hybridized carbons (Fsp3) is 1.00. The summed E-state index contributed by atoms with van der Waals surface area (Å²) in [6, 6.07) is -1.27. The van der Waals surface area contributed by atoms with E-state index in [0.717, 1.165) is 0 Å². The number of phosphoric acid groups is 1. The molecule has 9 nitrogen and oxygen atoms in total. The first-order chi connectivity index (χ1) is 13.5. The zero-order chi connectivity index (χ0) is 21.8. The van der Waals surface area contributed by atoms with Crippen LogP contribution in [0.25, 0.3) is 0 Å². The van der Waals surface area contributed by atoms with Gasteiger partial charge in [-0.3, -0.25) is 4.57 Å². The lowest BCUT2D eigenvalue weighted by molar-refractivity contribution is -0.238. The molecular weight excluding hydrogens is 399 g/mol. The molecule has 0 aromatic carbocycles. The smallest absolute Gasteiger partial charge is 0.268 e. The van der Waals surface area contributed by atoms with E-state index in [4.69, 9.17) is 49.4 Å². The van der Waals surface area contributed by atoms with E-state index in [1.165, 1.54) is 0 Å². The van der Waals surface area contributed by atoms with Gasteiger partial charge in [-0.15, -0.1) is 0 Å². The lowest BCUT2D eigenvalue weighted by Gasteiger charge is -2.37. The summed E-state index contributed by atoms with van der Waals surface area (Å²) in [5, 5.41) is 0. The third-order valence-electron chi connectivity index (χ3n) is 4.75. The van der Waals surface area contributed by atoms with Crippen LogP contribution in [0.3, 0.4) is 0 Å². The van der Waals surface area contributed by atoms with Crippen LogP contribution >= 0.6 is 7.82 Å². The molecule has 2 aliphatic rings. The van der Waals surface area contributed by atoms with E-state index in [1.807, 2.05) is 27.7 Å². The van der Waals surface area contributed by atoms with Crippen LogP contribution in [0.15, 0.2) is 0 Å². The summed E-state index contributed by atoms with van der Waals surface area (Å²) in [6.07, 6.45) is -1.49. The highest BCUT2D eigenvalue weighted by atomic mass is 31.2. The molecule has 0 aromatic heterocycles. The number of ether oxygens (including phenoxy) is 4. The molecule has 0 bridgehead atoms. The Morgan fingerprint density at radius 1 is 1.21 bits per heavy atom. The first kappa shape index (κ1) is 25.3. The van der Waals surface area contributed by atoms with Crippen LogP contribution in [0.1, 0.15) is 40.5 Å². The van der Waals surface area contributed by atoms with Crippen molar-refractivity contribution >= 4 is 23.5 Å². The van der Waals surface area contributed by atoms with Gasteiger partial charge < -0.3 is 38.6 Å². The average Bonchev–Trinajstić information content (AvgIpc) is 3.09. The minimum Gasteiger partial charge on any atom is -0.756 e. The number of hydrogen-bond acceptors (Lipinski definition) is 9. The van der Waals surface area contributed by atoms with Crippen LogP contribution in [0, 0.1) is 0 Å². The van der Waals surface area contributed by atoms with Gasteiger partial charge in [0, 0.05) is 18.6 Å². The molecule has 0 spiro atoms. The fourth-order valence-corrected chi connectivity index (χ4v) is 4.38. The second-order valence-corrected chi connectivity index (χ2v) is 9.39. The molecule has 29 heavy (non-hydrogen) atoms. The molecule has 2 saturated heterocycles. The molecule has 7 atom stereocenters. The van der Waals surface area contributed by atoms with Crippen LogP contribution in [-0.4, -0.2) is 83.6 Å². The molecule has 2 aliphatic heterocycles. The Labute approximate surface area is 175 Å². The molecule has 164 valence electrons. The van der Waals surface area contributed by atoms with Crippen LogP contribution in [0.4, 0.5) is 0 Å². The molecule has 2 fully saturated rings. The maximum Gasteiger partial charge on any atom is 0.268 e. The second-order valence-electron chi connectivity index (χ2n) is 8.03. The summed E-state index contributed by atoms with van der Waals surface area (Å²) in [5.41, 5.74) is 4.68. The Kier molecular flexibility index (Phi) is 9.22. The molecule has 0 aliphatic carbocycles. The summed E-state index contributed by atoms with van der Waals surface area (Å²) < 4.78 is 45.4. The largest absolute Gasteiger partial charge is 0.756 e. The Morgan fingerprint density at radius 3 is 2.48 bits per heavy atom. The number of hydrogen-bond donors (Lipinski definition) is 1. The van der Waals surface area contributed by atoms with E-state index in [2.05, 4.69) is 0 Å². The maximum atomic E-state index is 12.5. The summed E-state index contributed by atoms with van der Waals surface area (Å²) in [7, 11) is 6.94. The predicted molar refractivity (Wildman–Crippen MR) is 106 cm³/mol. The highest BCUT2D eigenvalue weighted by Gasteiger charge is 2.49. The van der Waals surface area contributed by atoms with E-state index in [9.17, 15) is 9.46 Å². The van der Waals surface area contributed by atoms with Crippen molar-refractivity contribution in [1.82, 2.24) is 0 Å². The van der Waals surface area contributed by atoms with E-state index < -0.39 is 37.6 Å². The number of nitrogens with two attached hydrogens (primary N) is 1. The van der Waals surface area contributed by atoms with Crippen LogP contribution in [-0.2, 0) is 32.6 Å². The summed E-state index contributed by atoms with van der Waals surface area (Å²) in [5.74, 6) is 0. The van der Waals surface area contributed by atoms with Gasteiger partial charge in [0.2, 0.25) is 0 Å². The SMILES string of the molecule is [B][C@H]1C[C@@H](OC(C)C)[C@@H](COP(=O)([O-])O[C@@H]2C[C@H]([B])O[C@]2(CN)COC(C)C)O1. The van der Waals surface area contributed by atoms with E-state index >= 15 is 0 Å². The van der Waals surface area contributed by atoms with Crippen molar-refractivity contribution in [2.24, 2.45) is 5.73 Å². The summed E-state index contributed by atoms with van der Waals surface area (Å²) in [4.78, 5) is 12.5. The van der Waals surface area contributed by atoms with Gasteiger partial charge in [-0.1, -0.05) is 0 Å². The van der Waals surface area contributed by atoms with Crippen molar-refractivity contribution in [1.29, 1.82) is 0 Å². The third-order valence-corrected chi connectivity index (χ3v) is 5.73. The van der Waals surface area contributed by atoms with Gasteiger partial charge in [-0.2, -0.15) is 0 Å². The van der Waals surface area contributed by atoms with Crippen molar-refractivity contribution < 1.29 is 37.5 Å². The molecule has 2 N–H and O–H groups in total. The van der Waals surface area contributed by atoms with Gasteiger partial charge in [0.15, 0.2) is 0 Å². The van der Waals surface area contributed by atoms with Crippen molar-refractivity contribution in [2.45, 2.75) is 88.7 Å². The molecule has 1 unspecified atom stereocenters. The predicted octanol–water partition coefficient (Wildman–Crippen LogP) is -0.0289. The van der Waals surface area contributed by atoms with Crippen molar-refractivity contribution in [3.63, 3.8) is 0 Å². The molecule has 2 heterocycles. The minimum atomic E-state index is -4.71. The summed E-state index contributed by atoms with van der Waals surface area (Å²) in [6.45, 7) is 7.19. The average molecular weight is 430 g/mol. The topological polar surface area (TPSA) is 122 Å². The number of rotatable bonds is 11. The third kappa shape index (κ3) is 7.30. The lowest BCUT2D eigenvalue weighted by Crippen LogP contribution is -2.52. The molecule has 0 aromatic rings. The molecular formula is C17H31B2NO8P-. The van der Waals surface area contributed by atoms with E-state index in [1.54, 1.807) is 0 Å². The molecule has 2 rings (SSSR count). The van der Waals surface area contributed by atoms with Crippen molar-refractivity contribution in [3.05, 3.63) is 0 Å². The first-order valence-electron chi connectivity index (χ1n) is 9.92. The van der Waals surface area contributed by atoms with Crippen molar-refractivity contribution in [2.75, 3.05) is 19.8 Å². The standard InChI is InChI=1S/C17H32B2NO8P/c1-10(2)23-9-17(8-20)14(6-16(19)27-17)28-29(21,22)24-7-13-12(25-11(3)4)5-15(18)26-13/h10-16H,5-9,20H2,1-4H3,(H,21,22)/p-1/t12-,13-,14-,15-,16-,17-/m1/s1. The van der Waals surface area contributed by atoms with Crippen molar-refractivity contribution in [3.8, 4) is 0 Å². The highest BCUT2D eigenvalue weighted by molar-refractivity contribution is 7.45. The molecule has 0 amide bonds. The fourth-order valence-electron chi connectivity index (χ4n) is 3.40. The Bertz CT molecular complexity index is 572. The number of phosphoric ester groups is 1. The maximum absolute atomic E-state index is 12.5. The minimum absolute atomic E-state index is 0.0248. The zero-order valence-electron chi connectivity index (χ0n) is 17.5. The van der Waals surface area contributed by atoms with Gasteiger partial charge in [-0.25, -0.2) is 0 Å². The van der Waals surface area contributed by atoms with Gasteiger partial charge in [0.1, 0.15) is 33.5 Å². The van der Waals surface area contributed by atoms with Gasteiger partial charge in [0.25, 0.3) is 7.82 Å². The quantitative estimate of drug-likeness (QED) is 0.356. The Balaban J connectivity index is 1.98. The molecule has 4 radical (unpaired) electrons. The zero-order valence-corrected chi connectivity index (χ0v) is 18.4. The molecule has 12 heteroatoms. The highest BCUT2D eigenvalue weighted by Crippen LogP contribution is 2.46. The van der Waals surface area contributed by atoms with Gasteiger partial charge in [0.05, 0.1) is 31.5 Å². The molecule has 0 saturated carbocycles. The van der Waals surface area contributed by atoms with Crippen LogP contribution < -0.4 is 10.6 Å². The summed E-state index contributed by atoms with van der Waals surface area (Å²) >= 11 is 0. The normalized spacial score (nSPS) is 37.4. The second kappa shape index (κ2) is 10.6. The monoisotopic (exact) mass is 430 g/mol. The first-order valence-corrected chi connectivity index (χ1v) is 11.4. The van der Waals surface area contributed by atoms with E-state index in [-0.39, 0.29) is 44.5 Å². The van der Waals surface area contributed by atoms with Gasteiger partial charge >= 0.3 is 0 Å².